The molecule has 0 saturated heterocycles. The molecule has 0 aliphatic rings. The number of hydrogen-bond acceptors (Lipinski definition) is 3. The van der Waals surface area contributed by atoms with Crippen LogP contribution in [0.3, 0.4) is 0 Å². The van der Waals surface area contributed by atoms with E-state index in [0.29, 0.717) is 6.54 Å². The van der Waals surface area contributed by atoms with Crippen LogP contribution < -0.4 is 5.43 Å². The maximum absolute atomic E-state index is 13.6. The molecule has 0 N–H and O–H groups in total. The fraction of sp³-hybridized carbons (Fsp3) is 0.286. The van der Waals surface area contributed by atoms with Crippen LogP contribution in [-0.4, -0.2) is 17.1 Å². The summed E-state index contributed by atoms with van der Waals surface area (Å²) < 4.78 is 33.3. The van der Waals surface area contributed by atoms with Gasteiger partial charge in [-0.05, 0) is 19.9 Å². The molecule has 0 amide bonds. The zero-order chi connectivity index (χ0) is 15.7. The Labute approximate surface area is 123 Å². The quantitative estimate of drug-likeness (QED) is 0.646. The van der Waals surface area contributed by atoms with Crippen LogP contribution in [0.5, 0.6) is 0 Å². The highest BCUT2D eigenvalue weighted by atomic mass is 35.5. The molecule has 0 radical (unpaired) electrons. The molecule has 0 aliphatic heterocycles. The van der Waals surface area contributed by atoms with Gasteiger partial charge in [-0.25, -0.2) is 13.6 Å². The van der Waals surface area contributed by atoms with Crippen molar-refractivity contribution in [1.82, 2.24) is 4.57 Å². The average Bonchev–Trinajstić information content (AvgIpc) is 2.46. The van der Waals surface area contributed by atoms with Crippen LogP contribution >= 0.6 is 11.6 Å². The molecular formula is C14H12ClF2NO3. The Morgan fingerprint density at radius 3 is 2.62 bits per heavy atom. The van der Waals surface area contributed by atoms with E-state index < -0.39 is 28.1 Å². The number of fused-ring (bicyclic) bond motifs is 1. The Morgan fingerprint density at radius 1 is 1.38 bits per heavy atom. The molecule has 0 atom stereocenters. The first kappa shape index (κ1) is 15.4. The highest BCUT2D eigenvalue weighted by molar-refractivity contribution is 6.35. The van der Waals surface area contributed by atoms with E-state index in [0.717, 1.165) is 6.07 Å². The number of ether oxygens (including phenoxy) is 1. The zero-order valence-electron chi connectivity index (χ0n) is 11.4. The third-order valence-electron chi connectivity index (χ3n) is 3.03. The van der Waals surface area contributed by atoms with Crippen LogP contribution in [0.15, 0.2) is 17.1 Å². The summed E-state index contributed by atoms with van der Waals surface area (Å²) in [6.07, 6.45) is 1.24. The number of carbonyl (C=O) groups is 1. The Kier molecular flexibility index (Phi) is 4.27. The van der Waals surface area contributed by atoms with Crippen molar-refractivity contribution < 1.29 is 18.3 Å². The number of hydrogen-bond donors (Lipinski definition) is 0. The molecule has 0 unspecified atom stereocenters. The van der Waals surface area contributed by atoms with Crippen molar-refractivity contribution in [2.45, 2.75) is 20.4 Å². The van der Waals surface area contributed by atoms with E-state index in [4.69, 9.17) is 16.3 Å². The number of esters is 1. The van der Waals surface area contributed by atoms with E-state index in [9.17, 15) is 18.4 Å². The second kappa shape index (κ2) is 5.81. The largest absolute Gasteiger partial charge is 0.462 e. The fourth-order valence-electron chi connectivity index (χ4n) is 2.07. The van der Waals surface area contributed by atoms with Crippen molar-refractivity contribution in [3.05, 3.63) is 44.7 Å². The molecule has 2 rings (SSSR count). The van der Waals surface area contributed by atoms with Gasteiger partial charge >= 0.3 is 5.97 Å². The molecule has 0 aliphatic carbocycles. The van der Waals surface area contributed by atoms with E-state index >= 15 is 0 Å². The molecule has 0 fully saturated rings. The van der Waals surface area contributed by atoms with Gasteiger partial charge in [0, 0.05) is 12.7 Å². The van der Waals surface area contributed by atoms with E-state index in [1.165, 1.54) is 10.8 Å². The topological polar surface area (TPSA) is 48.3 Å². The molecule has 0 spiro atoms. The minimum absolute atomic E-state index is 0.0520. The minimum atomic E-state index is -1.24. The van der Waals surface area contributed by atoms with Crippen molar-refractivity contribution in [2.24, 2.45) is 0 Å². The van der Waals surface area contributed by atoms with Crippen molar-refractivity contribution >= 4 is 28.5 Å². The van der Waals surface area contributed by atoms with Crippen LogP contribution in [0.2, 0.25) is 5.02 Å². The Morgan fingerprint density at radius 2 is 2.05 bits per heavy atom. The number of pyridine rings is 1. The predicted molar refractivity (Wildman–Crippen MR) is 74.8 cm³/mol. The van der Waals surface area contributed by atoms with Gasteiger partial charge < -0.3 is 9.30 Å². The number of benzene rings is 1. The number of rotatable bonds is 3. The summed E-state index contributed by atoms with van der Waals surface area (Å²) in [5.41, 5.74) is -0.932. The first-order valence-electron chi connectivity index (χ1n) is 6.30. The SMILES string of the molecule is CCOC(=O)c1cn(CC)c2c(Cl)c(F)c(F)cc2c1=O. The van der Waals surface area contributed by atoms with E-state index in [1.54, 1.807) is 13.8 Å². The molecule has 21 heavy (non-hydrogen) atoms. The van der Waals surface area contributed by atoms with E-state index in [1.807, 2.05) is 0 Å². The fourth-order valence-corrected chi connectivity index (χ4v) is 2.37. The van der Waals surface area contributed by atoms with Gasteiger partial charge in [-0.15, -0.1) is 0 Å². The van der Waals surface area contributed by atoms with Gasteiger partial charge in [-0.1, -0.05) is 11.6 Å². The van der Waals surface area contributed by atoms with Crippen molar-refractivity contribution in [3.8, 4) is 0 Å². The highest BCUT2D eigenvalue weighted by Crippen LogP contribution is 2.27. The highest BCUT2D eigenvalue weighted by Gasteiger charge is 2.21. The lowest BCUT2D eigenvalue weighted by Gasteiger charge is -2.13. The maximum Gasteiger partial charge on any atom is 0.343 e. The second-order valence-electron chi connectivity index (χ2n) is 4.26. The monoisotopic (exact) mass is 315 g/mol. The number of aryl methyl sites for hydroxylation is 1. The molecule has 4 nitrogen and oxygen atoms in total. The summed E-state index contributed by atoms with van der Waals surface area (Å²) in [5.74, 6) is -3.28. The molecule has 112 valence electrons. The summed E-state index contributed by atoms with van der Waals surface area (Å²) in [6.45, 7) is 3.73. The lowest BCUT2D eigenvalue weighted by molar-refractivity contribution is 0.0524. The van der Waals surface area contributed by atoms with Gasteiger partial charge in [0.05, 0.1) is 17.5 Å². The van der Waals surface area contributed by atoms with Crippen molar-refractivity contribution in [1.29, 1.82) is 0 Å². The second-order valence-corrected chi connectivity index (χ2v) is 4.64. The molecular weight excluding hydrogens is 304 g/mol. The minimum Gasteiger partial charge on any atom is -0.462 e. The molecule has 7 heteroatoms. The summed E-state index contributed by atoms with van der Waals surface area (Å²) in [5, 5.41) is -0.648. The van der Waals surface area contributed by atoms with Crippen LogP contribution in [-0.2, 0) is 11.3 Å². The van der Waals surface area contributed by atoms with Crippen LogP contribution in [0, 0.1) is 11.6 Å². The number of nitrogens with zero attached hydrogens (tertiary/aromatic N) is 1. The first-order valence-corrected chi connectivity index (χ1v) is 6.67. The van der Waals surface area contributed by atoms with Gasteiger partial charge in [0.15, 0.2) is 11.6 Å². The summed E-state index contributed by atoms with van der Waals surface area (Å²) in [4.78, 5) is 24.0. The lowest BCUT2D eigenvalue weighted by atomic mass is 10.1. The first-order chi connectivity index (χ1) is 9.92. The smallest absolute Gasteiger partial charge is 0.343 e. The zero-order valence-corrected chi connectivity index (χ0v) is 12.1. The Balaban J connectivity index is 2.90. The van der Waals surface area contributed by atoms with Gasteiger partial charge in [0.1, 0.15) is 10.6 Å². The van der Waals surface area contributed by atoms with Crippen molar-refractivity contribution in [2.75, 3.05) is 6.61 Å². The van der Waals surface area contributed by atoms with Crippen LogP contribution in [0.1, 0.15) is 24.2 Å². The Bertz CT molecular complexity index is 786. The Hall–Kier alpha value is -1.95. The summed E-state index contributed by atoms with van der Waals surface area (Å²) in [7, 11) is 0. The van der Waals surface area contributed by atoms with E-state index in [-0.39, 0.29) is 23.1 Å². The third kappa shape index (κ3) is 2.51. The molecule has 2 aromatic rings. The summed E-state index contributed by atoms with van der Waals surface area (Å²) >= 11 is 5.79. The number of halogens is 3. The summed E-state index contributed by atoms with van der Waals surface area (Å²) in [6, 6.07) is 0.744. The molecule has 1 heterocycles. The molecule has 0 saturated carbocycles. The predicted octanol–water partition coefficient (Wildman–Crippen LogP) is 3.13. The lowest BCUT2D eigenvalue weighted by Crippen LogP contribution is -2.21. The van der Waals surface area contributed by atoms with Gasteiger partial charge in [0.2, 0.25) is 5.43 Å². The number of aromatic nitrogens is 1. The normalized spacial score (nSPS) is 10.9. The third-order valence-corrected chi connectivity index (χ3v) is 3.38. The van der Waals surface area contributed by atoms with Crippen LogP contribution in [0.4, 0.5) is 8.78 Å². The molecule has 1 aromatic heterocycles. The van der Waals surface area contributed by atoms with Gasteiger partial charge in [-0.2, -0.15) is 0 Å². The number of carbonyl (C=O) groups excluding carboxylic acids is 1. The molecule has 0 bridgehead atoms. The average molecular weight is 316 g/mol. The van der Waals surface area contributed by atoms with Crippen molar-refractivity contribution in [3.63, 3.8) is 0 Å². The van der Waals surface area contributed by atoms with Crippen LogP contribution in [0.25, 0.3) is 10.9 Å². The standard InChI is InChI=1S/C14H12ClF2NO3/c1-3-18-6-8(14(20)21-4-2)13(19)7-5-9(16)11(17)10(15)12(7)18/h5-6H,3-4H2,1-2H3. The van der Waals surface area contributed by atoms with Gasteiger partial charge in [0.25, 0.3) is 0 Å². The maximum atomic E-state index is 13.6. The van der Waals surface area contributed by atoms with Gasteiger partial charge in [-0.3, -0.25) is 4.79 Å². The van der Waals surface area contributed by atoms with E-state index in [2.05, 4.69) is 0 Å². The molecule has 1 aromatic carbocycles.